The molecule has 0 aliphatic rings. The molecule has 0 saturated carbocycles. The van der Waals surface area contributed by atoms with Crippen LogP contribution in [0.2, 0.25) is 0 Å². The lowest BCUT2D eigenvalue weighted by Crippen LogP contribution is -2.11. The van der Waals surface area contributed by atoms with Crippen molar-refractivity contribution in [3.05, 3.63) is 218 Å². The van der Waals surface area contributed by atoms with Crippen LogP contribution in [-0.2, 0) is 0 Å². The highest BCUT2D eigenvalue weighted by Gasteiger charge is 2.22. The van der Waals surface area contributed by atoms with E-state index in [1.165, 1.54) is 52.8 Å². The van der Waals surface area contributed by atoms with Crippen LogP contribution in [0.15, 0.2) is 223 Å². The lowest BCUT2D eigenvalue weighted by Gasteiger charge is -2.28. The fourth-order valence-corrected chi connectivity index (χ4v) is 10.3. The normalized spacial score (nSPS) is 11.6. The molecule has 2 aromatic heterocycles. The first-order valence-electron chi connectivity index (χ1n) is 20.6. The molecule has 0 amide bonds. The summed E-state index contributed by atoms with van der Waals surface area (Å²) >= 11 is 1.82. The van der Waals surface area contributed by atoms with E-state index in [1.54, 1.807) is 0 Å². The van der Waals surface area contributed by atoms with Crippen LogP contribution in [0.25, 0.3) is 97.7 Å². The molecule has 61 heavy (non-hydrogen) atoms. The van der Waals surface area contributed by atoms with Crippen molar-refractivity contribution in [3.8, 4) is 44.8 Å². The van der Waals surface area contributed by atoms with E-state index in [4.69, 9.17) is 9.40 Å². The number of hydrogen-bond acceptors (Lipinski definition) is 4. The van der Waals surface area contributed by atoms with Gasteiger partial charge in [0.1, 0.15) is 5.52 Å². The van der Waals surface area contributed by atoms with Crippen LogP contribution in [0.1, 0.15) is 0 Å². The van der Waals surface area contributed by atoms with Gasteiger partial charge in [0.05, 0.1) is 5.69 Å². The van der Waals surface area contributed by atoms with Crippen molar-refractivity contribution in [2.75, 3.05) is 4.90 Å². The summed E-state index contributed by atoms with van der Waals surface area (Å²) in [6.07, 6.45) is 0. The summed E-state index contributed by atoms with van der Waals surface area (Å²) in [4.78, 5) is 7.56. The van der Waals surface area contributed by atoms with Gasteiger partial charge in [-0.15, -0.1) is 11.3 Å². The third-order valence-corrected chi connectivity index (χ3v) is 13.1. The van der Waals surface area contributed by atoms with Crippen molar-refractivity contribution < 1.29 is 4.42 Å². The molecule has 12 aromatic rings. The van der Waals surface area contributed by atoms with Gasteiger partial charge in [0.2, 0.25) is 5.89 Å². The van der Waals surface area contributed by atoms with Crippen molar-refractivity contribution >= 4 is 81.2 Å². The van der Waals surface area contributed by atoms with Crippen LogP contribution in [0, 0.1) is 0 Å². The molecule has 0 atom stereocenters. The Hall–Kier alpha value is -7.79. The summed E-state index contributed by atoms with van der Waals surface area (Å²) in [5, 5.41) is 7.44. The van der Waals surface area contributed by atoms with Gasteiger partial charge in [-0.05, 0) is 104 Å². The number of fused-ring (bicyclic) bond motifs is 7. The Morgan fingerprint density at radius 1 is 0.410 bits per heavy atom. The minimum atomic E-state index is 0.624. The minimum absolute atomic E-state index is 0.624. The van der Waals surface area contributed by atoms with Crippen LogP contribution in [0.4, 0.5) is 17.1 Å². The number of hydrogen-bond donors (Lipinski definition) is 0. The number of thiophene rings is 1. The molecule has 0 spiro atoms. The summed E-state index contributed by atoms with van der Waals surface area (Å²) in [6, 6.07) is 78.1. The van der Waals surface area contributed by atoms with Crippen molar-refractivity contribution in [3.63, 3.8) is 0 Å². The predicted molar refractivity (Wildman–Crippen MR) is 258 cm³/mol. The summed E-state index contributed by atoms with van der Waals surface area (Å²) in [5.41, 5.74) is 12.8. The molecule has 4 heteroatoms. The first kappa shape index (κ1) is 35.2. The van der Waals surface area contributed by atoms with E-state index < -0.39 is 0 Å². The fourth-order valence-electron chi connectivity index (χ4n) is 9.03. The molecular weight excluding hydrogens is 761 g/mol. The summed E-state index contributed by atoms with van der Waals surface area (Å²) in [6.45, 7) is 0. The maximum absolute atomic E-state index is 6.55. The highest BCUT2D eigenvalue weighted by Crippen LogP contribution is 2.47. The number of benzene rings is 10. The van der Waals surface area contributed by atoms with Crippen LogP contribution in [0.5, 0.6) is 0 Å². The van der Waals surface area contributed by atoms with Gasteiger partial charge in [-0.3, -0.25) is 0 Å². The number of nitrogens with zero attached hydrogens (tertiary/aromatic N) is 2. The second-order valence-electron chi connectivity index (χ2n) is 15.5. The second kappa shape index (κ2) is 14.5. The van der Waals surface area contributed by atoms with Crippen LogP contribution < -0.4 is 4.90 Å². The van der Waals surface area contributed by atoms with Crippen molar-refractivity contribution in [2.45, 2.75) is 0 Å². The van der Waals surface area contributed by atoms with E-state index in [9.17, 15) is 0 Å². The van der Waals surface area contributed by atoms with E-state index in [2.05, 4.69) is 205 Å². The van der Waals surface area contributed by atoms with Crippen LogP contribution >= 0.6 is 11.3 Å². The summed E-state index contributed by atoms with van der Waals surface area (Å²) in [5.74, 6) is 0.624. The largest absolute Gasteiger partial charge is 0.436 e. The van der Waals surface area contributed by atoms with Crippen LogP contribution in [0.3, 0.4) is 0 Å². The van der Waals surface area contributed by atoms with Crippen molar-refractivity contribution in [1.29, 1.82) is 0 Å². The fraction of sp³-hybridized carbons (Fsp3) is 0. The Kier molecular flexibility index (Phi) is 8.36. The first-order chi connectivity index (χ1) is 30.2. The monoisotopic (exact) mass is 796 g/mol. The molecule has 0 aliphatic carbocycles. The molecular formula is C57H36N2OS. The number of rotatable bonds is 7. The lowest BCUT2D eigenvalue weighted by atomic mass is 9.93. The number of aromatic nitrogens is 1. The topological polar surface area (TPSA) is 29.3 Å². The average molecular weight is 797 g/mol. The van der Waals surface area contributed by atoms with Gasteiger partial charge in [-0.25, -0.2) is 4.98 Å². The Bertz CT molecular complexity index is 3570. The second-order valence-corrected chi connectivity index (χ2v) is 16.5. The average Bonchev–Trinajstić information content (AvgIpc) is 3.93. The zero-order chi connectivity index (χ0) is 40.3. The maximum atomic E-state index is 6.55. The standard InChI is InChI=1S/C57H36N2OS/c1-3-15-37(16-4-1)45-21-11-13-25-51(45)59(42-31-27-38(28-32-42)49-35-41-19-7-8-20-44(41)46-22-9-10-23-47(46)49)43-33-29-39(30-34-43)54-55-52(60-57(58-55)40-17-5-2-6-18-40)36-50-48-24-12-14-26-53(48)61-56(50)54/h1-36H. The Morgan fingerprint density at radius 3 is 1.74 bits per heavy atom. The van der Waals surface area contributed by atoms with E-state index in [-0.39, 0.29) is 0 Å². The number of para-hydroxylation sites is 1. The molecule has 3 nitrogen and oxygen atoms in total. The molecule has 0 fully saturated rings. The van der Waals surface area contributed by atoms with Crippen molar-refractivity contribution in [2.24, 2.45) is 0 Å². The third kappa shape index (κ3) is 5.99. The molecule has 12 rings (SSSR count). The lowest BCUT2D eigenvalue weighted by molar-refractivity contribution is 0.620. The quantitative estimate of drug-likeness (QED) is 0.150. The van der Waals surface area contributed by atoms with E-state index >= 15 is 0 Å². The third-order valence-electron chi connectivity index (χ3n) is 11.9. The van der Waals surface area contributed by atoms with Gasteiger partial charge < -0.3 is 9.32 Å². The predicted octanol–water partition coefficient (Wildman–Crippen LogP) is 16.6. The Balaban J connectivity index is 1.02. The number of anilines is 3. The molecule has 10 aromatic carbocycles. The summed E-state index contributed by atoms with van der Waals surface area (Å²) < 4.78 is 9.00. The Labute approximate surface area is 357 Å². The molecule has 286 valence electrons. The molecule has 0 bridgehead atoms. The number of oxazole rings is 1. The van der Waals surface area contributed by atoms with Gasteiger partial charge >= 0.3 is 0 Å². The van der Waals surface area contributed by atoms with E-state index in [0.717, 1.165) is 56.0 Å². The smallest absolute Gasteiger partial charge is 0.227 e. The molecule has 0 unspecified atom stereocenters. The maximum Gasteiger partial charge on any atom is 0.227 e. The van der Waals surface area contributed by atoms with Gasteiger partial charge in [-0.1, -0.05) is 158 Å². The SMILES string of the molecule is c1ccc(-c2nc3c(-c4ccc(N(c5ccc(-c6cc7ccccc7c7ccccc67)cc5)c5ccccc5-c5ccccc5)cc4)c4sc5ccccc5c4cc3o2)cc1. The minimum Gasteiger partial charge on any atom is -0.436 e. The zero-order valence-corrected chi connectivity index (χ0v) is 33.8. The first-order valence-corrected chi connectivity index (χ1v) is 21.4. The van der Waals surface area contributed by atoms with Crippen molar-refractivity contribution in [1.82, 2.24) is 4.98 Å². The van der Waals surface area contributed by atoms with Crippen LogP contribution in [-0.4, -0.2) is 4.98 Å². The summed E-state index contributed by atoms with van der Waals surface area (Å²) in [7, 11) is 0. The molecule has 2 heterocycles. The molecule has 0 saturated heterocycles. The van der Waals surface area contributed by atoms with E-state index in [1.807, 2.05) is 29.5 Å². The van der Waals surface area contributed by atoms with Gasteiger partial charge in [0, 0.05) is 48.2 Å². The van der Waals surface area contributed by atoms with Gasteiger partial charge in [0.15, 0.2) is 5.58 Å². The molecule has 0 N–H and O–H groups in total. The highest BCUT2D eigenvalue weighted by molar-refractivity contribution is 7.26. The van der Waals surface area contributed by atoms with E-state index in [0.29, 0.717) is 5.89 Å². The van der Waals surface area contributed by atoms with Gasteiger partial charge in [-0.2, -0.15) is 0 Å². The molecule has 0 radical (unpaired) electrons. The molecule has 0 aliphatic heterocycles. The van der Waals surface area contributed by atoms with Gasteiger partial charge in [0.25, 0.3) is 0 Å². The zero-order valence-electron chi connectivity index (χ0n) is 33.0. The Morgan fingerprint density at radius 2 is 0.984 bits per heavy atom. The highest BCUT2D eigenvalue weighted by atomic mass is 32.1.